The lowest BCUT2D eigenvalue weighted by atomic mass is 9.91. The third-order valence-electron chi connectivity index (χ3n) is 9.05. The summed E-state index contributed by atoms with van der Waals surface area (Å²) in [6.07, 6.45) is 8.27. The number of amides is 2. The summed E-state index contributed by atoms with van der Waals surface area (Å²) in [5.74, 6) is 0.725. The SMILES string of the molecule is COCCCn1c(C2CCCN(C(=O)CC(N)Cc3ccc(NC(=O)C4CCCC4)cc3)C2)c(C)c2ccccc21. The molecule has 7 nitrogen and oxygen atoms in total. The standard InChI is InChI=1S/C34H46N4O3/c1-24-30-12-5-6-13-31(30)38(19-8-20-41-2)33(24)27-11-7-18-37(23-27)32(39)22-28(35)21-25-14-16-29(17-15-25)36-34(40)26-9-3-4-10-26/h5-6,12-17,26-28H,3-4,7-11,18-23,35H2,1-2H3,(H,36,40). The zero-order valence-electron chi connectivity index (χ0n) is 24.7. The first-order chi connectivity index (χ1) is 19.9. The fraction of sp³-hybridized carbons (Fsp3) is 0.529. The molecule has 1 aliphatic heterocycles. The number of hydrogen-bond acceptors (Lipinski definition) is 4. The number of aryl methyl sites for hydroxylation is 2. The van der Waals surface area contributed by atoms with Crippen molar-refractivity contribution in [2.24, 2.45) is 11.7 Å². The minimum atomic E-state index is -0.246. The van der Waals surface area contributed by atoms with Crippen LogP contribution in [0.15, 0.2) is 48.5 Å². The van der Waals surface area contributed by atoms with Gasteiger partial charge in [-0.3, -0.25) is 9.59 Å². The summed E-state index contributed by atoms with van der Waals surface area (Å²) in [6.45, 7) is 5.40. The first-order valence-electron chi connectivity index (χ1n) is 15.4. The Hall–Kier alpha value is -3.16. The van der Waals surface area contributed by atoms with E-state index < -0.39 is 0 Å². The van der Waals surface area contributed by atoms with Crippen molar-refractivity contribution < 1.29 is 14.3 Å². The quantitative estimate of drug-likeness (QED) is 0.292. The molecular weight excluding hydrogens is 512 g/mol. The van der Waals surface area contributed by atoms with Gasteiger partial charge in [0.1, 0.15) is 0 Å². The van der Waals surface area contributed by atoms with Gasteiger partial charge in [0, 0.05) is 79.9 Å². The number of nitrogens with one attached hydrogen (secondary N) is 1. The number of carbonyl (C=O) groups excluding carboxylic acids is 2. The average Bonchev–Trinajstić information content (AvgIpc) is 3.62. The van der Waals surface area contributed by atoms with Gasteiger partial charge in [-0.15, -0.1) is 0 Å². The largest absolute Gasteiger partial charge is 0.385 e. The number of anilines is 1. The maximum atomic E-state index is 13.4. The Kier molecular flexibility index (Phi) is 9.78. The summed E-state index contributed by atoms with van der Waals surface area (Å²) in [5.41, 5.74) is 12.4. The van der Waals surface area contributed by atoms with E-state index in [-0.39, 0.29) is 23.8 Å². The van der Waals surface area contributed by atoms with Gasteiger partial charge >= 0.3 is 0 Å². The van der Waals surface area contributed by atoms with Crippen LogP contribution in [-0.4, -0.2) is 54.1 Å². The minimum Gasteiger partial charge on any atom is -0.385 e. The smallest absolute Gasteiger partial charge is 0.227 e. The van der Waals surface area contributed by atoms with E-state index in [1.54, 1.807) is 7.11 Å². The fourth-order valence-corrected chi connectivity index (χ4v) is 6.94. The maximum absolute atomic E-state index is 13.4. The van der Waals surface area contributed by atoms with Gasteiger partial charge in [-0.1, -0.05) is 43.2 Å². The highest BCUT2D eigenvalue weighted by atomic mass is 16.5. The number of fused-ring (bicyclic) bond motifs is 1. The number of para-hydroxylation sites is 1. The highest BCUT2D eigenvalue weighted by Gasteiger charge is 2.30. The van der Waals surface area contributed by atoms with Crippen molar-refractivity contribution in [2.75, 3.05) is 32.1 Å². The molecule has 3 N–H and O–H groups in total. The Morgan fingerprint density at radius 1 is 1.05 bits per heavy atom. The van der Waals surface area contributed by atoms with Crippen molar-refractivity contribution in [3.8, 4) is 0 Å². The van der Waals surface area contributed by atoms with Crippen LogP contribution >= 0.6 is 0 Å². The van der Waals surface area contributed by atoms with E-state index in [4.69, 9.17) is 10.5 Å². The van der Waals surface area contributed by atoms with Gasteiger partial charge in [0.25, 0.3) is 0 Å². The molecule has 220 valence electrons. The van der Waals surface area contributed by atoms with Gasteiger partial charge in [-0.2, -0.15) is 0 Å². The number of rotatable bonds is 11. The second-order valence-corrected chi connectivity index (χ2v) is 12.0. The molecular formula is C34H46N4O3. The Bertz CT molecular complexity index is 1330. The first-order valence-corrected chi connectivity index (χ1v) is 15.4. The molecule has 2 atom stereocenters. The number of methoxy groups -OCH3 is 1. The van der Waals surface area contributed by atoms with Crippen molar-refractivity contribution >= 4 is 28.4 Å². The van der Waals surface area contributed by atoms with Crippen LogP contribution in [0.4, 0.5) is 5.69 Å². The Balaban J connectivity index is 1.19. The molecule has 5 rings (SSSR count). The molecule has 2 aliphatic rings. The molecule has 2 fully saturated rings. The number of ether oxygens (including phenoxy) is 1. The molecule has 2 unspecified atom stereocenters. The molecule has 3 aromatic rings. The Labute approximate surface area is 244 Å². The second-order valence-electron chi connectivity index (χ2n) is 12.0. The van der Waals surface area contributed by atoms with Crippen LogP contribution in [0.5, 0.6) is 0 Å². The number of piperidine rings is 1. The lowest BCUT2D eigenvalue weighted by Gasteiger charge is -2.34. The van der Waals surface area contributed by atoms with Crippen molar-refractivity contribution in [3.63, 3.8) is 0 Å². The molecule has 1 saturated carbocycles. The van der Waals surface area contributed by atoms with E-state index in [0.717, 1.165) is 82.4 Å². The monoisotopic (exact) mass is 558 g/mol. The second kappa shape index (κ2) is 13.7. The number of likely N-dealkylation sites (tertiary alicyclic amines) is 1. The molecule has 41 heavy (non-hydrogen) atoms. The summed E-state index contributed by atoms with van der Waals surface area (Å²) >= 11 is 0. The van der Waals surface area contributed by atoms with Crippen LogP contribution in [-0.2, 0) is 27.3 Å². The molecule has 1 aromatic heterocycles. The molecule has 2 amide bonds. The summed E-state index contributed by atoms with van der Waals surface area (Å²) in [6, 6.07) is 16.3. The molecule has 2 heterocycles. The van der Waals surface area contributed by atoms with Gasteiger partial charge in [0.2, 0.25) is 11.8 Å². The van der Waals surface area contributed by atoms with E-state index in [0.29, 0.717) is 18.8 Å². The lowest BCUT2D eigenvalue weighted by Crippen LogP contribution is -2.42. The van der Waals surface area contributed by atoms with Gasteiger partial charge in [0.05, 0.1) is 0 Å². The predicted octanol–water partition coefficient (Wildman–Crippen LogP) is 5.78. The minimum absolute atomic E-state index is 0.128. The van der Waals surface area contributed by atoms with E-state index in [1.165, 1.54) is 22.2 Å². The number of nitrogens with zero attached hydrogens (tertiary/aromatic N) is 2. The van der Waals surface area contributed by atoms with Crippen LogP contribution in [0.3, 0.4) is 0 Å². The highest BCUT2D eigenvalue weighted by molar-refractivity contribution is 5.92. The van der Waals surface area contributed by atoms with Crippen molar-refractivity contribution in [2.45, 2.75) is 83.2 Å². The molecule has 1 aliphatic carbocycles. The first kappa shape index (κ1) is 29.3. The Morgan fingerprint density at radius 2 is 1.80 bits per heavy atom. The normalized spacial score (nSPS) is 18.6. The molecule has 0 spiro atoms. The van der Waals surface area contributed by atoms with Crippen LogP contribution < -0.4 is 11.1 Å². The van der Waals surface area contributed by atoms with Crippen molar-refractivity contribution in [3.05, 3.63) is 65.4 Å². The maximum Gasteiger partial charge on any atom is 0.227 e. The number of hydrogen-bond donors (Lipinski definition) is 2. The molecule has 7 heteroatoms. The van der Waals surface area contributed by atoms with Crippen LogP contribution in [0.1, 0.15) is 74.1 Å². The summed E-state index contributed by atoms with van der Waals surface area (Å²) in [7, 11) is 1.75. The van der Waals surface area contributed by atoms with Gasteiger partial charge < -0.3 is 25.3 Å². The zero-order chi connectivity index (χ0) is 28.8. The number of carbonyl (C=O) groups is 2. The fourth-order valence-electron chi connectivity index (χ4n) is 6.94. The highest BCUT2D eigenvalue weighted by Crippen LogP contribution is 2.36. The topological polar surface area (TPSA) is 89.6 Å². The summed E-state index contributed by atoms with van der Waals surface area (Å²) in [5, 5.41) is 4.35. The van der Waals surface area contributed by atoms with Gasteiger partial charge in [0.15, 0.2) is 0 Å². The molecule has 2 aromatic carbocycles. The molecule has 0 radical (unpaired) electrons. The molecule has 1 saturated heterocycles. The zero-order valence-corrected chi connectivity index (χ0v) is 24.7. The predicted molar refractivity (Wildman–Crippen MR) is 165 cm³/mol. The number of nitrogens with two attached hydrogens (primary N) is 1. The average molecular weight is 559 g/mol. The van der Waals surface area contributed by atoms with Gasteiger partial charge in [-0.05, 0) is 74.8 Å². The third-order valence-corrected chi connectivity index (χ3v) is 9.05. The molecule has 0 bridgehead atoms. The van der Waals surface area contributed by atoms with Crippen LogP contribution in [0.25, 0.3) is 10.9 Å². The lowest BCUT2D eigenvalue weighted by molar-refractivity contribution is -0.132. The van der Waals surface area contributed by atoms with Crippen LogP contribution in [0, 0.1) is 12.8 Å². The summed E-state index contributed by atoms with van der Waals surface area (Å²) in [4.78, 5) is 27.9. The third kappa shape index (κ3) is 7.02. The number of aromatic nitrogens is 1. The van der Waals surface area contributed by atoms with Crippen LogP contribution in [0.2, 0.25) is 0 Å². The van der Waals surface area contributed by atoms with E-state index in [1.807, 2.05) is 29.2 Å². The van der Waals surface area contributed by atoms with Gasteiger partial charge in [-0.25, -0.2) is 0 Å². The van der Waals surface area contributed by atoms with Crippen molar-refractivity contribution in [1.29, 1.82) is 0 Å². The van der Waals surface area contributed by atoms with E-state index in [9.17, 15) is 9.59 Å². The van der Waals surface area contributed by atoms with E-state index in [2.05, 4.69) is 41.1 Å². The van der Waals surface area contributed by atoms with Crippen molar-refractivity contribution in [1.82, 2.24) is 9.47 Å². The number of benzene rings is 2. The summed E-state index contributed by atoms with van der Waals surface area (Å²) < 4.78 is 7.81. The van der Waals surface area contributed by atoms with E-state index >= 15 is 0 Å². The Morgan fingerprint density at radius 3 is 2.56 bits per heavy atom.